The molecule has 23 heavy (non-hydrogen) atoms. The zero-order valence-corrected chi connectivity index (χ0v) is 13.0. The Kier molecular flexibility index (Phi) is 3.42. The Morgan fingerprint density at radius 3 is 2.74 bits per heavy atom. The first-order chi connectivity index (χ1) is 11.0. The maximum Gasteiger partial charge on any atom is 0.260 e. The molecule has 8 heteroatoms. The maximum atomic E-state index is 11.5. The Hall–Kier alpha value is -3.05. The first-order valence-corrected chi connectivity index (χ1v) is 7.60. The van der Waals surface area contributed by atoms with Crippen LogP contribution in [0.1, 0.15) is 27.9 Å². The molecule has 0 bridgehead atoms. The molecule has 0 saturated carbocycles. The summed E-state index contributed by atoms with van der Waals surface area (Å²) in [6.07, 6.45) is 0.706. The monoisotopic (exact) mass is 327 g/mol. The van der Waals surface area contributed by atoms with Gasteiger partial charge >= 0.3 is 0 Å². The SMILES string of the molecule is CCc1ccc(-c2c(C#N)c(N)nc3sc(C(N)=O)c(N)c23)o1. The van der Waals surface area contributed by atoms with Crippen molar-refractivity contribution in [1.82, 2.24) is 4.98 Å². The molecule has 0 aliphatic carbocycles. The molecule has 0 aliphatic rings. The number of pyridine rings is 1. The zero-order valence-electron chi connectivity index (χ0n) is 12.2. The average Bonchev–Trinajstić information content (AvgIpc) is 3.11. The number of fused-ring (bicyclic) bond motifs is 1. The quantitative estimate of drug-likeness (QED) is 0.672. The van der Waals surface area contributed by atoms with Crippen LogP contribution in [0.15, 0.2) is 16.5 Å². The van der Waals surface area contributed by atoms with E-state index in [0.717, 1.165) is 17.1 Å². The summed E-state index contributed by atoms with van der Waals surface area (Å²) in [5.74, 6) is 0.623. The third kappa shape index (κ3) is 2.18. The van der Waals surface area contributed by atoms with Gasteiger partial charge in [-0.1, -0.05) is 6.92 Å². The lowest BCUT2D eigenvalue weighted by Crippen LogP contribution is -2.10. The van der Waals surface area contributed by atoms with E-state index in [2.05, 4.69) is 4.98 Å². The predicted octanol–water partition coefficient (Wildman–Crippen LogP) is 2.25. The number of aryl methyl sites for hydroxylation is 1. The number of thiophene rings is 1. The van der Waals surface area contributed by atoms with Crippen LogP contribution in [-0.2, 0) is 6.42 Å². The smallest absolute Gasteiger partial charge is 0.260 e. The molecule has 6 N–H and O–H groups in total. The number of furan rings is 1. The van der Waals surface area contributed by atoms with Crippen molar-refractivity contribution in [3.05, 3.63) is 28.3 Å². The van der Waals surface area contributed by atoms with Crippen molar-refractivity contribution in [3.8, 4) is 17.4 Å². The van der Waals surface area contributed by atoms with Gasteiger partial charge in [0.05, 0.1) is 11.3 Å². The van der Waals surface area contributed by atoms with Crippen molar-refractivity contribution in [2.24, 2.45) is 5.73 Å². The standard InChI is InChI=1S/C15H13N5O2S/c1-2-6-3-4-8(22-6)9-7(5-16)13(18)20-15-10(9)11(17)12(23-15)14(19)21/h3-4H,2,17H2,1H3,(H2,18,20)(H2,19,21). The van der Waals surface area contributed by atoms with Crippen molar-refractivity contribution in [2.45, 2.75) is 13.3 Å². The zero-order chi connectivity index (χ0) is 16.7. The number of nitrogens with two attached hydrogens (primary N) is 3. The van der Waals surface area contributed by atoms with Crippen LogP contribution in [0.2, 0.25) is 0 Å². The normalized spacial score (nSPS) is 10.8. The summed E-state index contributed by atoms with van der Waals surface area (Å²) < 4.78 is 5.75. The Labute approximate surface area is 135 Å². The van der Waals surface area contributed by atoms with E-state index in [1.54, 1.807) is 6.07 Å². The second-order valence-corrected chi connectivity index (χ2v) is 5.87. The van der Waals surface area contributed by atoms with Gasteiger partial charge in [0.25, 0.3) is 5.91 Å². The van der Waals surface area contributed by atoms with E-state index >= 15 is 0 Å². The fourth-order valence-electron chi connectivity index (χ4n) is 2.42. The third-order valence-electron chi connectivity index (χ3n) is 3.50. The van der Waals surface area contributed by atoms with Gasteiger partial charge in [-0.25, -0.2) is 4.98 Å². The molecule has 3 heterocycles. The lowest BCUT2D eigenvalue weighted by Gasteiger charge is -2.06. The van der Waals surface area contributed by atoms with E-state index in [1.165, 1.54) is 0 Å². The molecular formula is C15H13N5O2S. The van der Waals surface area contributed by atoms with Gasteiger partial charge in [0, 0.05) is 11.8 Å². The van der Waals surface area contributed by atoms with Crippen LogP contribution in [0.3, 0.4) is 0 Å². The Bertz CT molecular complexity index is 980. The second-order valence-electron chi connectivity index (χ2n) is 4.87. The van der Waals surface area contributed by atoms with Crippen molar-refractivity contribution in [1.29, 1.82) is 5.26 Å². The molecule has 0 fully saturated rings. The van der Waals surface area contributed by atoms with Gasteiger partial charge in [-0.3, -0.25) is 4.79 Å². The van der Waals surface area contributed by atoms with E-state index in [1.807, 2.05) is 19.1 Å². The highest BCUT2D eigenvalue weighted by molar-refractivity contribution is 7.21. The number of amides is 1. The molecule has 0 radical (unpaired) electrons. The summed E-state index contributed by atoms with van der Waals surface area (Å²) in [4.78, 5) is 16.3. The lowest BCUT2D eigenvalue weighted by molar-refractivity contribution is 0.100. The minimum atomic E-state index is -0.651. The minimum absolute atomic E-state index is 0.0571. The number of hydrogen-bond acceptors (Lipinski definition) is 7. The summed E-state index contributed by atoms with van der Waals surface area (Å²) in [5.41, 5.74) is 18.1. The molecule has 3 rings (SSSR count). The maximum absolute atomic E-state index is 11.5. The summed E-state index contributed by atoms with van der Waals surface area (Å²) >= 11 is 1.05. The minimum Gasteiger partial charge on any atom is -0.461 e. The van der Waals surface area contributed by atoms with Gasteiger partial charge in [0.15, 0.2) is 0 Å². The molecule has 0 spiro atoms. The average molecular weight is 327 g/mol. The largest absolute Gasteiger partial charge is 0.461 e. The molecule has 0 atom stereocenters. The van der Waals surface area contributed by atoms with E-state index in [4.69, 9.17) is 21.6 Å². The van der Waals surface area contributed by atoms with Crippen LogP contribution in [0, 0.1) is 11.3 Å². The third-order valence-corrected chi connectivity index (χ3v) is 4.61. The fraction of sp³-hybridized carbons (Fsp3) is 0.133. The van der Waals surface area contributed by atoms with Crippen LogP contribution in [0.4, 0.5) is 11.5 Å². The molecule has 0 aliphatic heterocycles. The van der Waals surface area contributed by atoms with Gasteiger partial charge in [-0.15, -0.1) is 11.3 Å². The summed E-state index contributed by atoms with van der Waals surface area (Å²) in [7, 11) is 0. The highest BCUT2D eigenvalue weighted by atomic mass is 32.1. The number of hydrogen-bond donors (Lipinski definition) is 3. The van der Waals surface area contributed by atoms with Crippen molar-refractivity contribution < 1.29 is 9.21 Å². The molecule has 3 aromatic heterocycles. The topological polar surface area (TPSA) is 145 Å². The summed E-state index contributed by atoms with van der Waals surface area (Å²) in [6.45, 7) is 1.95. The molecule has 1 amide bonds. The highest BCUT2D eigenvalue weighted by Crippen LogP contribution is 2.42. The van der Waals surface area contributed by atoms with Crippen LogP contribution < -0.4 is 17.2 Å². The Morgan fingerprint density at radius 1 is 1.43 bits per heavy atom. The summed E-state index contributed by atoms with van der Waals surface area (Å²) in [5, 5.41) is 9.91. The number of rotatable bonds is 3. The van der Waals surface area contributed by atoms with Gasteiger partial charge in [0.2, 0.25) is 0 Å². The number of carbonyl (C=O) groups excluding carboxylic acids is 1. The number of aromatic nitrogens is 1. The Balaban J connectivity index is 2.46. The number of primary amides is 1. The number of anilines is 2. The molecular weight excluding hydrogens is 314 g/mol. The number of nitrogen functional groups attached to an aromatic ring is 2. The van der Waals surface area contributed by atoms with Gasteiger partial charge in [-0.05, 0) is 12.1 Å². The van der Waals surface area contributed by atoms with Crippen molar-refractivity contribution in [3.63, 3.8) is 0 Å². The Morgan fingerprint density at radius 2 is 2.17 bits per heavy atom. The first-order valence-electron chi connectivity index (χ1n) is 6.78. The molecule has 0 saturated heterocycles. The van der Waals surface area contributed by atoms with E-state index < -0.39 is 5.91 Å². The molecule has 0 unspecified atom stereocenters. The highest BCUT2D eigenvalue weighted by Gasteiger charge is 2.24. The van der Waals surface area contributed by atoms with Crippen LogP contribution in [0.25, 0.3) is 21.5 Å². The van der Waals surface area contributed by atoms with Gasteiger partial charge in [0.1, 0.15) is 38.7 Å². The number of carbonyl (C=O) groups is 1. The number of nitriles is 1. The second kappa shape index (κ2) is 5.30. The van der Waals surface area contributed by atoms with Crippen LogP contribution in [-0.4, -0.2) is 10.9 Å². The van der Waals surface area contributed by atoms with E-state index in [9.17, 15) is 10.1 Å². The van der Waals surface area contributed by atoms with Crippen LogP contribution >= 0.6 is 11.3 Å². The number of nitrogens with zero attached hydrogens (tertiary/aromatic N) is 2. The van der Waals surface area contributed by atoms with Gasteiger partial charge < -0.3 is 21.6 Å². The van der Waals surface area contributed by atoms with Crippen molar-refractivity contribution >= 4 is 39.0 Å². The molecule has 116 valence electrons. The first kappa shape index (κ1) is 14.9. The molecule has 3 aromatic rings. The van der Waals surface area contributed by atoms with Gasteiger partial charge in [-0.2, -0.15) is 5.26 Å². The summed E-state index contributed by atoms with van der Waals surface area (Å²) in [6, 6.07) is 5.59. The van der Waals surface area contributed by atoms with Crippen LogP contribution in [0.5, 0.6) is 0 Å². The van der Waals surface area contributed by atoms with E-state index in [0.29, 0.717) is 28.0 Å². The fourth-order valence-corrected chi connectivity index (χ4v) is 3.38. The van der Waals surface area contributed by atoms with E-state index in [-0.39, 0.29) is 21.9 Å². The molecule has 7 nitrogen and oxygen atoms in total. The lowest BCUT2D eigenvalue weighted by atomic mass is 10.0. The molecule has 0 aromatic carbocycles. The van der Waals surface area contributed by atoms with Crippen molar-refractivity contribution in [2.75, 3.05) is 11.5 Å². The predicted molar refractivity (Wildman–Crippen MR) is 88.8 cm³/mol.